The van der Waals surface area contributed by atoms with Crippen LogP contribution in [-0.2, 0) is 4.79 Å². The van der Waals surface area contributed by atoms with Crippen molar-refractivity contribution in [1.82, 2.24) is 5.32 Å². The second-order valence-corrected chi connectivity index (χ2v) is 5.60. The molecule has 0 aliphatic carbocycles. The van der Waals surface area contributed by atoms with Crippen LogP contribution in [0.1, 0.15) is 85.0 Å². The third kappa shape index (κ3) is 11.2. The van der Waals surface area contributed by atoms with Crippen LogP contribution in [0.15, 0.2) is 0 Å². The van der Waals surface area contributed by atoms with Crippen molar-refractivity contribution in [3.05, 3.63) is 0 Å². The first-order valence-electron chi connectivity index (χ1n) is 8.49. The van der Waals surface area contributed by atoms with Gasteiger partial charge in [-0.2, -0.15) is 0 Å². The van der Waals surface area contributed by atoms with Gasteiger partial charge in [-0.25, -0.2) is 0 Å². The van der Waals surface area contributed by atoms with Crippen molar-refractivity contribution in [1.29, 1.82) is 0 Å². The summed E-state index contributed by atoms with van der Waals surface area (Å²) in [6.45, 7) is 8.77. The molecule has 0 saturated carbocycles. The molecule has 0 spiro atoms. The molecule has 0 bridgehead atoms. The number of unbranched alkanes of at least 4 members (excludes halogenated alkanes) is 5. The fraction of sp³-hybridized carbons (Fsp3) is 0.941. The van der Waals surface area contributed by atoms with E-state index in [1.807, 2.05) is 0 Å². The number of carbonyl (C=O) groups is 1. The summed E-state index contributed by atoms with van der Waals surface area (Å²) in [4.78, 5) is 11.8. The molecule has 0 aromatic carbocycles. The Bertz CT molecular complexity index is 199. The molecule has 0 aromatic heterocycles. The topological polar surface area (TPSA) is 29.1 Å². The minimum Gasteiger partial charge on any atom is -0.317 e. The highest BCUT2D eigenvalue weighted by molar-refractivity contribution is 5.80. The van der Waals surface area contributed by atoms with Gasteiger partial charge in [0, 0.05) is 12.3 Å². The average molecular weight is 269 g/mol. The first-order valence-corrected chi connectivity index (χ1v) is 8.49. The van der Waals surface area contributed by atoms with Gasteiger partial charge in [0.05, 0.1) is 0 Å². The Kier molecular flexibility index (Phi) is 13.8. The molecule has 0 heterocycles. The quantitative estimate of drug-likeness (QED) is 0.462. The molecule has 19 heavy (non-hydrogen) atoms. The van der Waals surface area contributed by atoms with Gasteiger partial charge in [-0.05, 0) is 45.2 Å². The summed E-state index contributed by atoms with van der Waals surface area (Å²) in [6, 6.07) is 0. The van der Waals surface area contributed by atoms with E-state index in [0.717, 1.165) is 32.2 Å². The number of rotatable bonds is 14. The molecule has 0 aliphatic heterocycles. The van der Waals surface area contributed by atoms with Gasteiger partial charge >= 0.3 is 0 Å². The summed E-state index contributed by atoms with van der Waals surface area (Å²) < 4.78 is 0. The van der Waals surface area contributed by atoms with Crippen LogP contribution < -0.4 is 5.32 Å². The Hall–Kier alpha value is -0.370. The second-order valence-electron chi connectivity index (χ2n) is 5.60. The van der Waals surface area contributed by atoms with E-state index in [1.165, 1.54) is 45.1 Å². The maximum absolute atomic E-state index is 11.8. The maximum atomic E-state index is 11.8. The number of carbonyl (C=O) groups excluding carboxylic acids is 1. The zero-order chi connectivity index (χ0) is 14.3. The van der Waals surface area contributed by atoms with Gasteiger partial charge in [0.25, 0.3) is 0 Å². The second kappa shape index (κ2) is 14.0. The Balaban J connectivity index is 3.24. The lowest BCUT2D eigenvalue weighted by Gasteiger charge is -2.10. The average Bonchev–Trinajstić information content (AvgIpc) is 2.42. The van der Waals surface area contributed by atoms with Gasteiger partial charge in [0.2, 0.25) is 0 Å². The van der Waals surface area contributed by atoms with Crippen molar-refractivity contribution in [2.45, 2.75) is 85.0 Å². The van der Waals surface area contributed by atoms with E-state index in [0.29, 0.717) is 11.7 Å². The molecule has 0 aliphatic rings. The van der Waals surface area contributed by atoms with Crippen LogP contribution in [0.4, 0.5) is 0 Å². The van der Waals surface area contributed by atoms with Gasteiger partial charge in [0.1, 0.15) is 5.78 Å². The molecule has 0 radical (unpaired) electrons. The third-order valence-electron chi connectivity index (χ3n) is 3.89. The summed E-state index contributed by atoms with van der Waals surface area (Å²) in [5, 5.41) is 3.43. The summed E-state index contributed by atoms with van der Waals surface area (Å²) >= 11 is 0. The van der Waals surface area contributed by atoms with Gasteiger partial charge < -0.3 is 5.32 Å². The van der Waals surface area contributed by atoms with Crippen LogP contribution in [0.5, 0.6) is 0 Å². The molecule has 0 atom stereocenters. The fourth-order valence-corrected chi connectivity index (χ4v) is 2.51. The number of Topliss-reactive ketones (excluding diaryl/α,β-unsaturated/α-hetero) is 1. The van der Waals surface area contributed by atoms with Crippen LogP contribution >= 0.6 is 0 Å². The lowest BCUT2D eigenvalue weighted by molar-refractivity contribution is -0.123. The predicted molar refractivity (Wildman–Crippen MR) is 84.6 cm³/mol. The first-order chi connectivity index (χ1) is 9.26. The lowest BCUT2D eigenvalue weighted by Crippen LogP contribution is -2.15. The SMILES string of the molecule is CCCNCCCCCCCCC(=O)C(CC)CC. The minimum absolute atomic E-state index is 0.324. The Morgan fingerprint density at radius 3 is 2.00 bits per heavy atom. The van der Waals surface area contributed by atoms with E-state index < -0.39 is 0 Å². The summed E-state index contributed by atoms with van der Waals surface area (Å²) in [6.07, 6.45) is 11.6. The van der Waals surface area contributed by atoms with Crippen LogP contribution in [-0.4, -0.2) is 18.9 Å². The van der Waals surface area contributed by atoms with Crippen molar-refractivity contribution < 1.29 is 4.79 Å². The number of hydrogen-bond donors (Lipinski definition) is 1. The predicted octanol–water partition coefficient (Wildman–Crippen LogP) is 4.72. The molecule has 2 heteroatoms. The summed E-state index contributed by atoms with van der Waals surface area (Å²) in [5.74, 6) is 0.818. The Morgan fingerprint density at radius 2 is 1.42 bits per heavy atom. The summed E-state index contributed by atoms with van der Waals surface area (Å²) in [5.41, 5.74) is 0. The normalized spacial score (nSPS) is 11.2. The minimum atomic E-state index is 0.324. The molecule has 0 rings (SSSR count). The highest BCUT2D eigenvalue weighted by atomic mass is 16.1. The molecule has 0 aromatic rings. The molecule has 0 unspecified atom stereocenters. The van der Waals surface area contributed by atoms with Crippen LogP contribution in [0.25, 0.3) is 0 Å². The fourth-order valence-electron chi connectivity index (χ4n) is 2.51. The zero-order valence-corrected chi connectivity index (χ0v) is 13.5. The van der Waals surface area contributed by atoms with Crippen molar-refractivity contribution in [2.24, 2.45) is 5.92 Å². The van der Waals surface area contributed by atoms with Crippen LogP contribution in [0.2, 0.25) is 0 Å². The first kappa shape index (κ1) is 18.6. The number of hydrogen-bond acceptors (Lipinski definition) is 2. The van der Waals surface area contributed by atoms with E-state index in [-0.39, 0.29) is 0 Å². The maximum Gasteiger partial charge on any atom is 0.135 e. The van der Waals surface area contributed by atoms with E-state index in [4.69, 9.17) is 0 Å². The molecule has 0 saturated heterocycles. The van der Waals surface area contributed by atoms with E-state index in [2.05, 4.69) is 26.1 Å². The molecular weight excluding hydrogens is 234 g/mol. The van der Waals surface area contributed by atoms with Gasteiger partial charge in [-0.3, -0.25) is 4.79 Å². The summed E-state index contributed by atoms with van der Waals surface area (Å²) in [7, 11) is 0. The number of nitrogens with one attached hydrogen (secondary N) is 1. The Labute approximate surface area is 120 Å². The van der Waals surface area contributed by atoms with Gasteiger partial charge in [0.15, 0.2) is 0 Å². The zero-order valence-electron chi connectivity index (χ0n) is 13.5. The standard InChI is InChI=1S/C17H35NO/c1-4-14-18-15-12-10-8-7-9-11-13-17(19)16(5-2)6-3/h16,18H,4-15H2,1-3H3. The van der Waals surface area contributed by atoms with Crippen LogP contribution in [0, 0.1) is 5.92 Å². The van der Waals surface area contributed by atoms with E-state index >= 15 is 0 Å². The largest absolute Gasteiger partial charge is 0.317 e. The van der Waals surface area contributed by atoms with E-state index in [1.54, 1.807) is 0 Å². The Morgan fingerprint density at radius 1 is 0.842 bits per heavy atom. The molecule has 1 N–H and O–H groups in total. The molecule has 114 valence electrons. The highest BCUT2D eigenvalue weighted by Gasteiger charge is 2.12. The smallest absolute Gasteiger partial charge is 0.135 e. The molecule has 0 amide bonds. The number of ketones is 1. The van der Waals surface area contributed by atoms with Crippen LogP contribution in [0.3, 0.4) is 0 Å². The van der Waals surface area contributed by atoms with Gasteiger partial charge in [-0.1, -0.05) is 46.5 Å². The third-order valence-corrected chi connectivity index (χ3v) is 3.89. The van der Waals surface area contributed by atoms with E-state index in [9.17, 15) is 4.79 Å². The van der Waals surface area contributed by atoms with Crippen molar-refractivity contribution in [3.8, 4) is 0 Å². The van der Waals surface area contributed by atoms with Crippen molar-refractivity contribution >= 4 is 5.78 Å². The van der Waals surface area contributed by atoms with Crippen molar-refractivity contribution in [2.75, 3.05) is 13.1 Å². The molecular formula is C17H35NO. The molecule has 2 nitrogen and oxygen atoms in total. The highest BCUT2D eigenvalue weighted by Crippen LogP contribution is 2.14. The lowest BCUT2D eigenvalue weighted by atomic mass is 9.94. The van der Waals surface area contributed by atoms with Gasteiger partial charge in [-0.15, -0.1) is 0 Å². The van der Waals surface area contributed by atoms with Crippen molar-refractivity contribution in [3.63, 3.8) is 0 Å². The molecule has 0 fully saturated rings. The monoisotopic (exact) mass is 269 g/mol.